The maximum Gasteiger partial charge on any atom is 0.433 e. The summed E-state index contributed by atoms with van der Waals surface area (Å²) in [5.74, 6) is -4.39. The van der Waals surface area contributed by atoms with Crippen LogP contribution in [0.3, 0.4) is 0 Å². The van der Waals surface area contributed by atoms with Crippen molar-refractivity contribution in [3.63, 3.8) is 0 Å². The Morgan fingerprint density at radius 1 is 1.58 bits per heavy atom. The van der Waals surface area contributed by atoms with Crippen LogP contribution >= 0.6 is 0 Å². The number of nitrogens with zero attached hydrogens (tertiary/aromatic N) is 2. The number of aromatic nitrogens is 2. The molecular formula is C10H10F3N3O3. The second-order valence-corrected chi connectivity index (χ2v) is 4.24. The Morgan fingerprint density at radius 2 is 2.21 bits per heavy atom. The first-order chi connectivity index (χ1) is 8.71. The van der Waals surface area contributed by atoms with E-state index >= 15 is 0 Å². The topological polar surface area (TPSA) is 84.2 Å². The van der Waals surface area contributed by atoms with Crippen LogP contribution in [0.25, 0.3) is 0 Å². The van der Waals surface area contributed by atoms with Crippen LogP contribution in [-0.2, 0) is 22.8 Å². The third-order valence-corrected chi connectivity index (χ3v) is 3.02. The Balaban J connectivity index is 2.38. The number of carboxylic acid groups (broad SMARTS) is 1. The first-order valence-electron chi connectivity index (χ1n) is 5.33. The van der Waals surface area contributed by atoms with Gasteiger partial charge in [0.15, 0.2) is 0 Å². The van der Waals surface area contributed by atoms with Gasteiger partial charge in [-0.2, -0.15) is 18.3 Å². The highest BCUT2D eigenvalue weighted by Crippen LogP contribution is 2.34. The highest BCUT2D eigenvalue weighted by atomic mass is 19.4. The van der Waals surface area contributed by atoms with E-state index in [0.717, 1.165) is 13.1 Å². The van der Waals surface area contributed by atoms with Crippen LogP contribution in [0.4, 0.5) is 13.2 Å². The van der Waals surface area contributed by atoms with Crippen LogP contribution in [0, 0.1) is 5.92 Å². The molecule has 0 spiro atoms. The van der Waals surface area contributed by atoms with Crippen LogP contribution in [0.2, 0.25) is 0 Å². The third kappa shape index (κ3) is 2.27. The summed E-state index contributed by atoms with van der Waals surface area (Å²) < 4.78 is 38.5. The predicted molar refractivity (Wildman–Crippen MR) is 55.1 cm³/mol. The first-order valence-corrected chi connectivity index (χ1v) is 5.33. The highest BCUT2D eigenvalue weighted by molar-refractivity contribution is 5.99. The molecule has 1 unspecified atom stereocenters. The van der Waals surface area contributed by atoms with Crippen LogP contribution in [0.5, 0.6) is 0 Å². The molecule has 1 aromatic rings. The van der Waals surface area contributed by atoms with E-state index in [1.54, 1.807) is 0 Å². The summed E-state index contributed by atoms with van der Waals surface area (Å²) in [5.41, 5.74) is -1.04. The fourth-order valence-corrected chi connectivity index (χ4v) is 2.12. The largest absolute Gasteiger partial charge is 0.481 e. The standard InChI is InChI=1S/C10H10F3N3O3/c1-16-6(10(11,12)13)2-5(15-16)4-3-14-8(17)7(4)9(18)19/h2,4,7H,3H2,1H3,(H,14,17)(H,18,19)/t4-,7?/m1/s1. The van der Waals surface area contributed by atoms with Gasteiger partial charge in [-0.1, -0.05) is 0 Å². The molecule has 0 aliphatic carbocycles. The molecule has 1 saturated heterocycles. The summed E-state index contributed by atoms with van der Waals surface area (Å²) in [7, 11) is 1.12. The summed E-state index contributed by atoms with van der Waals surface area (Å²) in [6.07, 6.45) is -4.57. The van der Waals surface area contributed by atoms with E-state index in [4.69, 9.17) is 5.11 Å². The Hall–Kier alpha value is -2.06. The summed E-state index contributed by atoms with van der Waals surface area (Å²) >= 11 is 0. The molecule has 2 heterocycles. The van der Waals surface area contributed by atoms with Gasteiger partial charge in [-0.05, 0) is 6.07 Å². The Morgan fingerprint density at radius 3 is 2.68 bits per heavy atom. The lowest BCUT2D eigenvalue weighted by molar-refractivity contribution is -0.146. The lowest BCUT2D eigenvalue weighted by atomic mass is 9.92. The van der Waals surface area contributed by atoms with Crippen molar-refractivity contribution in [3.05, 3.63) is 17.5 Å². The molecule has 1 aliphatic rings. The van der Waals surface area contributed by atoms with Gasteiger partial charge in [0, 0.05) is 19.5 Å². The van der Waals surface area contributed by atoms with Crippen LogP contribution < -0.4 is 5.32 Å². The fourth-order valence-electron chi connectivity index (χ4n) is 2.12. The SMILES string of the molecule is Cn1nc([C@H]2CNC(=O)C2C(=O)O)cc1C(F)(F)F. The zero-order chi connectivity index (χ0) is 14.4. The molecule has 1 amide bonds. The lowest BCUT2D eigenvalue weighted by Crippen LogP contribution is -2.26. The quantitative estimate of drug-likeness (QED) is 0.764. The molecular weight excluding hydrogens is 267 g/mol. The molecule has 19 heavy (non-hydrogen) atoms. The number of carbonyl (C=O) groups excluding carboxylic acids is 1. The maximum absolute atomic E-state index is 12.6. The number of rotatable bonds is 2. The Labute approximate surface area is 105 Å². The highest BCUT2D eigenvalue weighted by Gasteiger charge is 2.44. The molecule has 9 heteroatoms. The summed E-state index contributed by atoms with van der Waals surface area (Å²) in [4.78, 5) is 22.3. The van der Waals surface area contributed by atoms with Gasteiger partial charge in [0.1, 0.15) is 11.6 Å². The lowest BCUT2D eigenvalue weighted by Gasteiger charge is -2.09. The second kappa shape index (κ2) is 4.25. The molecule has 0 radical (unpaired) electrons. The van der Waals surface area contributed by atoms with Crippen molar-refractivity contribution in [1.29, 1.82) is 0 Å². The zero-order valence-corrected chi connectivity index (χ0v) is 9.73. The number of carboxylic acids is 1. The average Bonchev–Trinajstić information content (AvgIpc) is 2.80. The molecule has 1 fully saturated rings. The smallest absolute Gasteiger partial charge is 0.433 e. The van der Waals surface area contributed by atoms with E-state index in [-0.39, 0.29) is 12.2 Å². The van der Waals surface area contributed by atoms with Crippen molar-refractivity contribution in [2.75, 3.05) is 6.54 Å². The van der Waals surface area contributed by atoms with E-state index < -0.39 is 35.6 Å². The molecule has 2 atom stereocenters. The van der Waals surface area contributed by atoms with Crippen molar-refractivity contribution >= 4 is 11.9 Å². The number of hydrogen-bond acceptors (Lipinski definition) is 3. The van der Waals surface area contributed by atoms with Gasteiger partial charge >= 0.3 is 12.1 Å². The van der Waals surface area contributed by atoms with Gasteiger partial charge in [-0.15, -0.1) is 0 Å². The number of hydrogen-bond donors (Lipinski definition) is 2. The summed E-state index contributed by atoms with van der Waals surface area (Å²) in [6.45, 7) is -0.0376. The van der Waals surface area contributed by atoms with Crippen LogP contribution in [0.1, 0.15) is 17.3 Å². The van der Waals surface area contributed by atoms with E-state index in [1.807, 2.05) is 0 Å². The Kier molecular flexibility index (Phi) is 2.99. The zero-order valence-electron chi connectivity index (χ0n) is 9.73. The number of aryl methyl sites for hydroxylation is 1. The molecule has 0 aromatic carbocycles. The monoisotopic (exact) mass is 277 g/mol. The number of carbonyl (C=O) groups is 2. The molecule has 6 nitrogen and oxygen atoms in total. The fraction of sp³-hybridized carbons (Fsp3) is 0.500. The minimum Gasteiger partial charge on any atom is -0.481 e. The number of alkyl halides is 3. The number of amides is 1. The maximum atomic E-state index is 12.6. The van der Waals surface area contributed by atoms with Gasteiger partial charge in [-0.3, -0.25) is 14.3 Å². The molecule has 1 aliphatic heterocycles. The second-order valence-electron chi connectivity index (χ2n) is 4.24. The van der Waals surface area contributed by atoms with Crippen molar-refractivity contribution in [3.8, 4) is 0 Å². The Bertz CT molecular complexity index is 538. The van der Waals surface area contributed by atoms with Gasteiger partial charge in [0.2, 0.25) is 5.91 Å². The van der Waals surface area contributed by atoms with E-state index in [2.05, 4.69) is 10.4 Å². The van der Waals surface area contributed by atoms with Crippen molar-refractivity contribution in [1.82, 2.24) is 15.1 Å². The van der Waals surface area contributed by atoms with E-state index in [1.165, 1.54) is 0 Å². The third-order valence-electron chi connectivity index (χ3n) is 3.02. The van der Waals surface area contributed by atoms with Crippen molar-refractivity contribution < 1.29 is 27.9 Å². The van der Waals surface area contributed by atoms with Crippen LogP contribution in [0.15, 0.2) is 6.07 Å². The normalized spacial score (nSPS) is 23.5. The molecule has 0 saturated carbocycles. The molecule has 1 aromatic heterocycles. The minimum absolute atomic E-state index is 0.0376. The molecule has 0 bridgehead atoms. The first kappa shape index (κ1) is 13.4. The van der Waals surface area contributed by atoms with E-state index in [9.17, 15) is 22.8 Å². The van der Waals surface area contributed by atoms with Gasteiger partial charge in [-0.25, -0.2) is 0 Å². The molecule has 104 valence electrons. The molecule has 2 N–H and O–H groups in total. The van der Waals surface area contributed by atoms with Gasteiger partial charge in [0.05, 0.1) is 5.69 Å². The summed E-state index contributed by atoms with van der Waals surface area (Å²) in [6, 6.07) is 0.779. The van der Waals surface area contributed by atoms with E-state index in [0.29, 0.717) is 4.68 Å². The predicted octanol–water partition coefficient (Wildman–Crippen LogP) is 0.353. The minimum atomic E-state index is -4.57. The van der Waals surface area contributed by atoms with Gasteiger partial charge in [0.25, 0.3) is 0 Å². The van der Waals surface area contributed by atoms with Crippen molar-refractivity contribution in [2.24, 2.45) is 13.0 Å². The van der Waals surface area contributed by atoms with Crippen LogP contribution in [-0.4, -0.2) is 33.3 Å². The van der Waals surface area contributed by atoms with Gasteiger partial charge < -0.3 is 10.4 Å². The number of nitrogens with one attached hydrogen (secondary N) is 1. The molecule has 2 rings (SSSR count). The number of halogens is 3. The average molecular weight is 277 g/mol. The summed E-state index contributed by atoms with van der Waals surface area (Å²) in [5, 5.41) is 14.9. The number of aliphatic carboxylic acids is 1. The van der Waals surface area contributed by atoms with Crippen molar-refractivity contribution in [2.45, 2.75) is 12.1 Å².